The average molecular weight is 288 g/mol. The molecule has 3 nitrogen and oxygen atoms in total. The highest BCUT2D eigenvalue weighted by atomic mass is 32.1. The zero-order valence-corrected chi connectivity index (χ0v) is 13.1. The van der Waals surface area contributed by atoms with Gasteiger partial charge in [0.25, 0.3) is 0 Å². The number of nitrogens with zero attached hydrogens (tertiary/aromatic N) is 2. The molecule has 20 heavy (non-hydrogen) atoms. The fourth-order valence-electron chi connectivity index (χ4n) is 2.67. The van der Waals surface area contributed by atoms with E-state index in [1.807, 2.05) is 0 Å². The summed E-state index contributed by atoms with van der Waals surface area (Å²) in [4.78, 5) is 8.21. The third-order valence-electron chi connectivity index (χ3n) is 3.62. The number of rotatable bonds is 4. The van der Waals surface area contributed by atoms with E-state index in [2.05, 4.69) is 49.0 Å². The molecule has 0 atom stereocenters. The van der Waals surface area contributed by atoms with Crippen LogP contribution in [0, 0.1) is 13.8 Å². The number of aryl methyl sites for hydroxylation is 2. The number of hydrogen-bond acceptors (Lipinski definition) is 4. The topological polar surface area (TPSA) is 25.4 Å². The van der Waals surface area contributed by atoms with Gasteiger partial charge in [-0.25, -0.2) is 4.98 Å². The monoisotopic (exact) mass is 288 g/mol. The predicted octanol–water partition coefficient (Wildman–Crippen LogP) is 3.33. The molecule has 1 aromatic carbocycles. The normalized spacial score (nSPS) is 13.6. The summed E-state index contributed by atoms with van der Waals surface area (Å²) in [6.07, 6.45) is 1.04. The van der Waals surface area contributed by atoms with Gasteiger partial charge in [0.1, 0.15) is 5.75 Å². The van der Waals surface area contributed by atoms with Gasteiger partial charge >= 0.3 is 0 Å². The van der Waals surface area contributed by atoms with E-state index in [9.17, 15) is 0 Å². The Morgan fingerprint density at radius 2 is 2.15 bits per heavy atom. The lowest BCUT2D eigenvalue weighted by atomic mass is 10.1. The summed E-state index contributed by atoms with van der Waals surface area (Å²) < 4.78 is 5.55. The van der Waals surface area contributed by atoms with Crippen LogP contribution < -0.4 is 4.74 Å². The van der Waals surface area contributed by atoms with Crippen molar-refractivity contribution < 1.29 is 4.74 Å². The molecule has 0 unspecified atom stereocenters. The van der Waals surface area contributed by atoms with E-state index < -0.39 is 0 Å². The lowest BCUT2D eigenvalue weighted by Gasteiger charge is -2.16. The average Bonchev–Trinajstić information content (AvgIpc) is 2.96. The van der Waals surface area contributed by atoms with Crippen LogP contribution in [0.1, 0.15) is 26.7 Å². The molecule has 1 aliphatic heterocycles. The van der Waals surface area contributed by atoms with Crippen LogP contribution >= 0.6 is 11.3 Å². The molecule has 0 bridgehead atoms. The van der Waals surface area contributed by atoms with Crippen LogP contribution in [0.4, 0.5) is 0 Å². The first-order valence-corrected chi connectivity index (χ1v) is 7.79. The van der Waals surface area contributed by atoms with Crippen molar-refractivity contribution in [3.8, 4) is 5.75 Å². The van der Waals surface area contributed by atoms with Crippen LogP contribution in [-0.2, 0) is 19.5 Å². The second kappa shape index (κ2) is 5.54. The van der Waals surface area contributed by atoms with Crippen LogP contribution in [0.25, 0.3) is 0 Å². The van der Waals surface area contributed by atoms with Crippen LogP contribution in [0.3, 0.4) is 0 Å². The highest BCUT2D eigenvalue weighted by Crippen LogP contribution is 2.26. The molecule has 0 N–H and O–H groups in total. The number of benzene rings is 1. The number of thiazole rings is 1. The highest BCUT2D eigenvalue weighted by molar-refractivity contribution is 7.11. The molecule has 106 valence electrons. The molecule has 0 saturated carbocycles. The molecule has 0 spiro atoms. The Bertz CT molecular complexity index is 621. The minimum Gasteiger partial charge on any atom is -0.493 e. The van der Waals surface area contributed by atoms with Crippen LogP contribution in [0.5, 0.6) is 5.75 Å². The molecule has 2 aromatic rings. The molecular weight excluding hydrogens is 268 g/mol. The molecular formula is C16H20N2OS. The van der Waals surface area contributed by atoms with Crippen LogP contribution in [0.15, 0.2) is 18.2 Å². The summed E-state index contributed by atoms with van der Waals surface area (Å²) in [6, 6.07) is 6.56. The summed E-state index contributed by atoms with van der Waals surface area (Å²) in [5, 5.41) is 1.15. The van der Waals surface area contributed by atoms with E-state index in [4.69, 9.17) is 4.74 Å². The fraction of sp³-hybridized carbons (Fsp3) is 0.438. The largest absolute Gasteiger partial charge is 0.493 e. The molecule has 1 aliphatic rings. The molecule has 0 aliphatic carbocycles. The Morgan fingerprint density at radius 3 is 2.90 bits per heavy atom. The molecule has 4 heteroatoms. The summed E-state index contributed by atoms with van der Waals surface area (Å²) in [6.45, 7) is 6.92. The quantitative estimate of drug-likeness (QED) is 0.863. The molecule has 0 saturated heterocycles. The number of aromatic nitrogens is 1. The Kier molecular flexibility index (Phi) is 3.76. The smallest absolute Gasteiger partial charge is 0.122 e. The maximum atomic E-state index is 5.55. The Hall–Kier alpha value is -1.39. The maximum Gasteiger partial charge on any atom is 0.122 e. The van der Waals surface area contributed by atoms with Gasteiger partial charge in [-0.3, -0.25) is 4.90 Å². The lowest BCUT2D eigenvalue weighted by molar-refractivity contribution is 0.321. The zero-order valence-electron chi connectivity index (χ0n) is 12.3. The third kappa shape index (κ3) is 2.86. The molecule has 0 amide bonds. The van der Waals surface area contributed by atoms with Gasteiger partial charge in [0, 0.05) is 24.4 Å². The van der Waals surface area contributed by atoms with Gasteiger partial charge < -0.3 is 4.74 Å². The summed E-state index contributed by atoms with van der Waals surface area (Å²) in [5.74, 6) is 1.06. The first kappa shape index (κ1) is 13.6. The minimum absolute atomic E-state index is 0.827. The highest BCUT2D eigenvalue weighted by Gasteiger charge is 2.13. The number of ether oxygens (including phenoxy) is 1. The van der Waals surface area contributed by atoms with E-state index in [-0.39, 0.29) is 0 Å². The van der Waals surface area contributed by atoms with Crippen molar-refractivity contribution >= 4 is 11.3 Å². The third-order valence-corrected chi connectivity index (χ3v) is 4.68. The van der Waals surface area contributed by atoms with E-state index in [0.29, 0.717) is 0 Å². The molecule has 0 fully saturated rings. The first-order valence-electron chi connectivity index (χ1n) is 6.98. The van der Waals surface area contributed by atoms with Gasteiger partial charge in [-0.2, -0.15) is 0 Å². The zero-order chi connectivity index (χ0) is 14.1. The SMILES string of the molecule is Cc1nc(C)c(CN(C)Cc2ccc3c(c2)CCO3)s1. The second-order valence-corrected chi connectivity index (χ2v) is 6.74. The Balaban J connectivity index is 1.67. The van der Waals surface area contributed by atoms with Crippen molar-refractivity contribution in [1.29, 1.82) is 0 Å². The van der Waals surface area contributed by atoms with E-state index in [0.717, 1.165) is 36.9 Å². The van der Waals surface area contributed by atoms with Crippen molar-refractivity contribution in [2.75, 3.05) is 13.7 Å². The van der Waals surface area contributed by atoms with Crippen molar-refractivity contribution in [2.45, 2.75) is 33.4 Å². The lowest BCUT2D eigenvalue weighted by Crippen LogP contribution is -2.17. The van der Waals surface area contributed by atoms with Gasteiger partial charge in [0.2, 0.25) is 0 Å². The molecule has 1 aromatic heterocycles. The van der Waals surface area contributed by atoms with Crippen molar-refractivity contribution in [3.63, 3.8) is 0 Å². The Morgan fingerprint density at radius 1 is 1.30 bits per heavy atom. The van der Waals surface area contributed by atoms with Crippen LogP contribution in [-0.4, -0.2) is 23.5 Å². The fourth-order valence-corrected chi connectivity index (χ4v) is 3.69. The van der Waals surface area contributed by atoms with Crippen LogP contribution in [0.2, 0.25) is 0 Å². The van der Waals surface area contributed by atoms with E-state index >= 15 is 0 Å². The van der Waals surface area contributed by atoms with Gasteiger partial charge in [-0.15, -0.1) is 11.3 Å². The van der Waals surface area contributed by atoms with Gasteiger partial charge in [-0.1, -0.05) is 12.1 Å². The van der Waals surface area contributed by atoms with Crippen molar-refractivity contribution in [1.82, 2.24) is 9.88 Å². The number of fused-ring (bicyclic) bond motifs is 1. The molecule has 2 heterocycles. The molecule has 0 radical (unpaired) electrons. The summed E-state index contributed by atoms with van der Waals surface area (Å²) >= 11 is 1.80. The van der Waals surface area contributed by atoms with E-state index in [1.54, 1.807) is 11.3 Å². The summed E-state index contributed by atoms with van der Waals surface area (Å²) in [7, 11) is 2.16. The standard InChI is InChI=1S/C16H20N2OS/c1-11-16(20-12(2)17-11)10-18(3)9-13-4-5-15-14(8-13)6-7-19-15/h4-5,8H,6-7,9-10H2,1-3H3. The second-order valence-electron chi connectivity index (χ2n) is 5.45. The maximum absolute atomic E-state index is 5.55. The number of hydrogen-bond donors (Lipinski definition) is 0. The van der Waals surface area contributed by atoms with Gasteiger partial charge in [-0.05, 0) is 38.1 Å². The Labute approximate surface area is 124 Å². The van der Waals surface area contributed by atoms with Gasteiger partial charge in [0.15, 0.2) is 0 Å². The van der Waals surface area contributed by atoms with Gasteiger partial charge in [0.05, 0.1) is 17.3 Å². The first-order chi connectivity index (χ1) is 9.61. The van der Waals surface area contributed by atoms with Crippen molar-refractivity contribution in [3.05, 3.63) is 44.9 Å². The minimum atomic E-state index is 0.827. The summed E-state index contributed by atoms with van der Waals surface area (Å²) in [5.41, 5.74) is 3.87. The molecule has 3 rings (SSSR count). The van der Waals surface area contributed by atoms with Crippen molar-refractivity contribution in [2.24, 2.45) is 0 Å². The predicted molar refractivity (Wildman–Crippen MR) is 82.4 cm³/mol. The van der Waals surface area contributed by atoms with E-state index in [1.165, 1.54) is 21.7 Å².